The van der Waals surface area contributed by atoms with E-state index in [0.29, 0.717) is 0 Å². The van der Waals surface area contributed by atoms with Crippen molar-refractivity contribution < 1.29 is 0 Å². The van der Waals surface area contributed by atoms with Crippen LogP contribution < -0.4 is 4.90 Å². The maximum Gasteiger partial charge on any atom is 0.0711 e. The van der Waals surface area contributed by atoms with Crippen LogP contribution in [0, 0.1) is 6.92 Å². The van der Waals surface area contributed by atoms with Crippen molar-refractivity contribution in [3.05, 3.63) is 293 Å². The third kappa shape index (κ3) is 7.44. The molecule has 0 N–H and O–H groups in total. The number of nitrogens with zero attached hydrogens (tertiary/aromatic N) is 1. The number of allylic oxidation sites excluding steroid dienone is 8. The van der Waals surface area contributed by atoms with Crippen LogP contribution in [-0.2, 0) is 17.3 Å². The van der Waals surface area contributed by atoms with Crippen molar-refractivity contribution in [1.29, 1.82) is 0 Å². The molecule has 9 aromatic carbocycles. The van der Waals surface area contributed by atoms with Crippen LogP contribution in [0.4, 0.5) is 17.1 Å². The Kier molecular flexibility index (Phi) is 11.1. The van der Waals surface area contributed by atoms with E-state index in [0.717, 1.165) is 49.2 Å². The molecule has 4 aliphatic rings. The molecule has 0 heterocycles. The molecule has 1 heteroatoms. The molecule has 13 rings (SSSR count). The Morgan fingerprint density at radius 2 is 1.01 bits per heavy atom. The van der Waals surface area contributed by atoms with Crippen LogP contribution in [0.1, 0.15) is 78.5 Å². The predicted octanol–water partition coefficient (Wildman–Crippen LogP) is 19.2. The first-order chi connectivity index (χ1) is 35.9. The lowest BCUT2D eigenvalue weighted by atomic mass is 9.66. The Morgan fingerprint density at radius 1 is 0.411 bits per heavy atom. The van der Waals surface area contributed by atoms with Crippen molar-refractivity contribution in [3.63, 3.8) is 0 Å². The zero-order valence-electron chi connectivity index (χ0n) is 42.1. The van der Waals surface area contributed by atoms with Gasteiger partial charge in [0.15, 0.2) is 0 Å². The molecule has 0 fully saturated rings. The number of anilines is 3. The van der Waals surface area contributed by atoms with E-state index in [1.165, 1.54) is 106 Å². The summed E-state index contributed by atoms with van der Waals surface area (Å²) in [5.74, 6) is 0. The van der Waals surface area contributed by atoms with Gasteiger partial charge in [-0.2, -0.15) is 0 Å². The van der Waals surface area contributed by atoms with Crippen molar-refractivity contribution in [2.45, 2.75) is 63.7 Å². The average molecular weight is 938 g/mol. The summed E-state index contributed by atoms with van der Waals surface area (Å²) < 4.78 is 0. The summed E-state index contributed by atoms with van der Waals surface area (Å²) in [4.78, 5) is 2.61. The first-order valence-electron chi connectivity index (χ1n) is 26.3. The molecule has 0 aliphatic heterocycles. The van der Waals surface area contributed by atoms with Crippen molar-refractivity contribution in [1.82, 2.24) is 0 Å². The van der Waals surface area contributed by atoms with Gasteiger partial charge in [0.25, 0.3) is 0 Å². The molecule has 352 valence electrons. The SMILES string of the molecule is Cc1ccccc1-c1cc(N(c2ccc3c(c2)C(C2=CCCC=C2)(c2ccccc2)c2ccccc2-3)c2cc3c(cc2-c2ccc(-c4ccccc4)cc2)-c2ccccc2C3(C)C)ccc1CC1=CCCC=C1. The van der Waals surface area contributed by atoms with Crippen LogP contribution in [0.2, 0.25) is 0 Å². The number of hydrogen-bond acceptors (Lipinski definition) is 1. The first kappa shape index (κ1) is 44.7. The molecule has 0 spiro atoms. The van der Waals surface area contributed by atoms with Crippen LogP contribution in [0.15, 0.2) is 254 Å². The summed E-state index contributed by atoms with van der Waals surface area (Å²) in [6.07, 6.45) is 19.5. The van der Waals surface area contributed by atoms with Gasteiger partial charge in [0, 0.05) is 22.4 Å². The number of rotatable bonds is 10. The summed E-state index contributed by atoms with van der Waals surface area (Å²) in [6, 6.07) is 78.2. The minimum Gasteiger partial charge on any atom is -0.310 e. The Balaban J connectivity index is 1.11. The molecule has 9 aromatic rings. The molecular formula is C72H59N. The second-order valence-electron chi connectivity index (χ2n) is 21.0. The minimum atomic E-state index is -0.513. The Labute approximate surface area is 431 Å². The smallest absolute Gasteiger partial charge is 0.0711 e. The molecule has 0 radical (unpaired) electrons. The van der Waals surface area contributed by atoms with Gasteiger partial charge in [-0.15, -0.1) is 0 Å². The molecule has 4 aliphatic carbocycles. The van der Waals surface area contributed by atoms with Crippen LogP contribution in [0.3, 0.4) is 0 Å². The maximum absolute atomic E-state index is 2.61. The lowest BCUT2D eigenvalue weighted by Gasteiger charge is -2.37. The molecule has 0 saturated carbocycles. The Hall–Kier alpha value is -8.26. The van der Waals surface area contributed by atoms with E-state index in [4.69, 9.17) is 0 Å². The topological polar surface area (TPSA) is 3.24 Å². The maximum atomic E-state index is 2.61. The summed E-state index contributed by atoms with van der Waals surface area (Å²) >= 11 is 0. The van der Waals surface area contributed by atoms with E-state index in [2.05, 4.69) is 268 Å². The van der Waals surface area contributed by atoms with Crippen molar-refractivity contribution >= 4 is 17.1 Å². The third-order valence-electron chi connectivity index (χ3n) is 16.4. The molecule has 0 bridgehead atoms. The molecule has 1 atom stereocenters. The van der Waals surface area contributed by atoms with Crippen molar-refractivity contribution in [3.8, 4) is 55.6 Å². The summed E-state index contributed by atoms with van der Waals surface area (Å²) in [7, 11) is 0. The summed E-state index contributed by atoms with van der Waals surface area (Å²) in [5, 5.41) is 0. The van der Waals surface area contributed by atoms with E-state index in [1.54, 1.807) is 0 Å². The van der Waals surface area contributed by atoms with Crippen molar-refractivity contribution in [2.24, 2.45) is 0 Å². The van der Waals surface area contributed by atoms with Gasteiger partial charge in [-0.25, -0.2) is 0 Å². The third-order valence-corrected chi connectivity index (χ3v) is 16.4. The second-order valence-corrected chi connectivity index (χ2v) is 21.0. The Morgan fingerprint density at radius 3 is 1.74 bits per heavy atom. The number of hydrogen-bond donors (Lipinski definition) is 0. The van der Waals surface area contributed by atoms with Gasteiger partial charge in [0.05, 0.1) is 11.1 Å². The minimum absolute atomic E-state index is 0.221. The molecule has 1 unspecified atom stereocenters. The van der Waals surface area contributed by atoms with Crippen LogP contribution in [0.25, 0.3) is 55.6 Å². The fraction of sp³-hybridized carbons (Fsp3) is 0.139. The highest BCUT2D eigenvalue weighted by atomic mass is 15.1. The highest BCUT2D eigenvalue weighted by molar-refractivity contribution is 5.97. The van der Waals surface area contributed by atoms with Gasteiger partial charge in [-0.3, -0.25) is 0 Å². The lowest BCUT2D eigenvalue weighted by molar-refractivity contribution is 0.660. The normalized spacial score (nSPS) is 16.8. The summed E-state index contributed by atoms with van der Waals surface area (Å²) in [5.41, 5.74) is 27.2. The van der Waals surface area contributed by atoms with Gasteiger partial charge < -0.3 is 4.90 Å². The quantitative estimate of drug-likeness (QED) is 0.132. The Bertz CT molecular complexity index is 3730. The van der Waals surface area contributed by atoms with E-state index in [1.807, 2.05) is 0 Å². The number of aryl methyl sites for hydroxylation is 1. The predicted molar refractivity (Wildman–Crippen MR) is 308 cm³/mol. The zero-order valence-corrected chi connectivity index (χ0v) is 42.1. The number of benzene rings is 9. The van der Waals surface area contributed by atoms with E-state index in [-0.39, 0.29) is 5.41 Å². The van der Waals surface area contributed by atoms with Gasteiger partial charge >= 0.3 is 0 Å². The van der Waals surface area contributed by atoms with Gasteiger partial charge in [0.2, 0.25) is 0 Å². The highest BCUT2D eigenvalue weighted by Gasteiger charge is 2.47. The molecular weight excluding hydrogens is 879 g/mol. The molecule has 0 saturated heterocycles. The lowest BCUT2D eigenvalue weighted by Crippen LogP contribution is -2.29. The van der Waals surface area contributed by atoms with Crippen molar-refractivity contribution in [2.75, 3.05) is 4.90 Å². The monoisotopic (exact) mass is 937 g/mol. The fourth-order valence-electron chi connectivity index (χ4n) is 12.8. The molecule has 1 nitrogen and oxygen atoms in total. The average Bonchev–Trinajstić information content (AvgIpc) is 3.87. The summed E-state index contributed by atoms with van der Waals surface area (Å²) in [6.45, 7) is 7.08. The molecule has 0 aromatic heterocycles. The van der Waals surface area contributed by atoms with Crippen LogP contribution >= 0.6 is 0 Å². The second kappa shape index (κ2) is 18.1. The fourth-order valence-corrected chi connectivity index (χ4v) is 12.8. The van der Waals surface area contributed by atoms with Gasteiger partial charge in [-0.05, 0) is 176 Å². The molecule has 0 amide bonds. The van der Waals surface area contributed by atoms with Crippen LogP contribution in [0.5, 0.6) is 0 Å². The van der Waals surface area contributed by atoms with E-state index < -0.39 is 5.41 Å². The largest absolute Gasteiger partial charge is 0.310 e. The first-order valence-corrected chi connectivity index (χ1v) is 26.3. The standard InChI is InChI=1S/C72H59N/c1-49-22-16-17-31-59(49)63-45-57(41-40-54(63)44-50-23-8-4-9-24-50)73(58-42-43-62-60-32-19-21-35-67(60)72(69(62)46-58,55-27-12-6-13-28-55)56-29-14-7-15-30-56)70-48-68-65(61-33-18-20-34-66(61)71(68,2)3)47-64(70)53-38-36-52(37-39-53)51-25-10-5-11-26-51/h5-6,8,10-14,16-43,45-48H,4,7,9,15,44H2,1-3H3. The van der Waals surface area contributed by atoms with E-state index in [9.17, 15) is 0 Å². The van der Waals surface area contributed by atoms with Crippen LogP contribution in [-0.4, -0.2) is 0 Å². The molecule has 73 heavy (non-hydrogen) atoms. The van der Waals surface area contributed by atoms with Gasteiger partial charge in [0.1, 0.15) is 0 Å². The van der Waals surface area contributed by atoms with E-state index >= 15 is 0 Å². The zero-order chi connectivity index (χ0) is 49.1. The number of fused-ring (bicyclic) bond motifs is 6. The van der Waals surface area contributed by atoms with Gasteiger partial charge in [-0.1, -0.05) is 220 Å². The highest BCUT2D eigenvalue weighted by Crippen LogP contribution is 2.59.